The fraction of sp³-hybridized carbons (Fsp3) is 0. The molecule has 0 aliphatic rings. The summed E-state index contributed by atoms with van der Waals surface area (Å²) in [5.74, 6) is -1.47. The molecule has 0 radical (unpaired) electrons. The van der Waals surface area contributed by atoms with Crippen LogP contribution in [0.2, 0.25) is 0 Å². The molecule has 1 heterocycles. The number of hydrogen-bond donors (Lipinski definition) is 2. The van der Waals surface area contributed by atoms with Crippen molar-refractivity contribution in [3.8, 4) is 0 Å². The van der Waals surface area contributed by atoms with Crippen molar-refractivity contribution in [1.29, 1.82) is 0 Å². The van der Waals surface area contributed by atoms with Crippen LogP contribution in [0.1, 0.15) is 20.8 Å². The number of carbonyl (C=O) groups excluding carboxylic acids is 2. The minimum Gasteiger partial charge on any atom is -0.366 e. The molecule has 0 aliphatic carbocycles. The molecule has 62 valence electrons. The molecule has 0 saturated carbocycles. The standard InChI is InChI=1S/C7H7N3O2/c8-6(11)4-2-1-3-10-5(4)7(9)12/h1-3H,(H2,8,11)(H2,9,12). The van der Waals surface area contributed by atoms with Gasteiger partial charge in [-0.05, 0) is 12.1 Å². The highest BCUT2D eigenvalue weighted by molar-refractivity contribution is 6.04. The highest BCUT2D eigenvalue weighted by atomic mass is 16.2. The van der Waals surface area contributed by atoms with Crippen molar-refractivity contribution >= 4 is 11.8 Å². The van der Waals surface area contributed by atoms with Crippen LogP contribution in [0.4, 0.5) is 0 Å². The predicted octanol–water partition coefficient (Wildman–Crippen LogP) is -0.721. The Morgan fingerprint density at radius 2 is 1.92 bits per heavy atom. The maximum absolute atomic E-state index is 10.7. The molecule has 0 aromatic carbocycles. The Kier molecular flexibility index (Phi) is 2.05. The lowest BCUT2D eigenvalue weighted by molar-refractivity contribution is 0.0963. The lowest BCUT2D eigenvalue weighted by atomic mass is 10.2. The van der Waals surface area contributed by atoms with E-state index in [1.54, 1.807) is 0 Å². The summed E-state index contributed by atoms with van der Waals surface area (Å²) in [6.07, 6.45) is 1.37. The van der Waals surface area contributed by atoms with Crippen LogP contribution in [0.25, 0.3) is 0 Å². The quantitative estimate of drug-likeness (QED) is 0.604. The number of amides is 2. The lowest BCUT2D eigenvalue weighted by Crippen LogP contribution is -2.21. The molecule has 0 aliphatic heterocycles. The summed E-state index contributed by atoms with van der Waals surface area (Å²) in [6.45, 7) is 0. The highest BCUT2D eigenvalue weighted by Gasteiger charge is 2.12. The molecule has 5 nitrogen and oxygen atoms in total. The fourth-order valence-electron chi connectivity index (χ4n) is 0.800. The van der Waals surface area contributed by atoms with Crippen molar-refractivity contribution in [2.45, 2.75) is 0 Å². The van der Waals surface area contributed by atoms with Gasteiger partial charge < -0.3 is 11.5 Å². The normalized spacial score (nSPS) is 9.33. The first kappa shape index (κ1) is 8.19. The van der Waals surface area contributed by atoms with Gasteiger partial charge in [0.25, 0.3) is 11.8 Å². The topological polar surface area (TPSA) is 99.1 Å². The molecular weight excluding hydrogens is 158 g/mol. The molecule has 0 atom stereocenters. The van der Waals surface area contributed by atoms with Crippen molar-refractivity contribution in [2.24, 2.45) is 11.5 Å². The maximum Gasteiger partial charge on any atom is 0.268 e. The van der Waals surface area contributed by atoms with Crippen molar-refractivity contribution in [3.05, 3.63) is 29.6 Å². The molecule has 12 heavy (non-hydrogen) atoms. The molecule has 0 spiro atoms. The molecule has 1 aromatic heterocycles. The average Bonchev–Trinajstić information content (AvgIpc) is 2.04. The van der Waals surface area contributed by atoms with Crippen molar-refractivity contribution < 1.29 is 9.59 Å². The van der Waals surface area contributed by atoms with Crippen molar-refractivity contribution in [1.82, 2.24) is 4.98 Å². The lowest BCUT2D eigenvalue weighted by Gasteiger charge is -1.99. The molecule has 2 amide bonds. The smallest absolute Gasteiger partial charge is 0.268 e. The number of hydrogen-bond acceptors (Lipinski definition) is 3. The Morgan fingerprint density at radius 3 is 2.33 bits per heavy atom. The average molecular weight is 165 g/mol. The van der Waals surface area contributed by atoms with Crippen molar-refractivity contribution in [2.75, 3.05) is 0 Å². The van der Waals surface area contributed by atoms with Crippen LogP contribution in [0.5, 0.6) is 0 Å². The van der Waals surface area contributed by atoms with Gasteiger partial charge in [-0.2, -0.15) is 0 Å². The van der Waals surface area contributed by atoms with Crippen LogP contribution in [0.3, 0.4) is 0 Å². The molecule has 0 bridgehead atoms. The van der Waals surface area contributed by atoms with E-state index in [1.165, 1.54) is 18.3 Å². The molecule has 0 unspecified atom stereocenters. The first-order chi connectivity index (χ1) is 5.63. The fourth-order valence-corrected chi connectivity index (χ4v) is 0.800. The monoisotopic (exact) mass is 165 g/mol. The van der Waals surface area contributed by atoms with Gasteiger partial charge in [0.1, 0.15) is 5.69 Å². The minimum atomic E-state index is -0.760. The molecule has 1 rings (SSSR count). The summed E-state index contributed by atoms with van der Waals surface area (Å²) in [5, 5.41) is 0. The first-order valence-corrected chi connectivity index (χ1v) is 3.17. The number of rotatable bonds is 2. The summed E-state index contributed by atoms with van der Waals surface area (Å²) in [6, 6.07) is 2.90. The molecule has 0 fully saturated rings. The van der Waals surface area contributed by atoms with Gasteiger partial charge >= 0.3 is 0 Å². The molecule has 4 N–H and O–H groups in total. The Balaban J connectivity index is 3.27. The number of nitrogens with zero attached hydrogens (tertiary/aromatic N) is 1. The number of nitrogens with two attached hydrogens (primary N) is 2. The third kappa shape index (κ3) is 1.39. The van der Waals surface area contributed by atoms with E-state index in [4.69, 9.17) is 11.5 Å². The van der Waals surface area contributed by atoms with Gasteiger partial charge in [0.2, 0.25) is 0 Å². The molecule has 0 saturated heterocycles. The second kappa shape index (κ2) is 3.00. The zero-order chi connectivity index (χ0) is 9.14. The van der Waals surface area contributed by atoms with E-state index >= 15 is 0 Å². The number of pyridine rings is 1. The Bertz CT molecular complexity index is 302. The number of aromatic nitrogens is 1. The third-order valence-electron chi connectivity index (χ3n) is 1.31. The predicted molar refractivity (Wildman–Crippen MR) is 41.3 cm³/mol. The van der Waals surface area contributed by atoms with Gasteiger partial charge in [0.05, 0.1) is 5.56 Å². The molecule has 1 aromatic rings. The SMILES string of the molecule is NC(=O)c1cccnc1C(N)=O. The van der Waals surface area contributed by atoms with Gasteiger partial charge in [0.15, 0.2) is 0 Å². The summed E-state index contributed by atoms with van der Waals surface area (Å²) in [7, 11) is 0. The van der Waals surface area contributed by atoms with Gasteiger partial charge in [0, 0.05) is 6.20 Å². The van der Waals surface area contributed by atoms with E-state index in [0.717, 1.165) is 0 Å². The minimum absolute atomic E-state index is 0.0463. The number of carbonyl (C=O) groups is 2. The van der Waals surface area contributed by atoms with Gasteiger partial charge in [-0.25, -0.2) is 0 Å². The Hall–Kier alpha value is -1.91. The number of primary amides is 2. The maximum atomic E-state index is 10.7. The van der Waals surface area contributed by atoms with E-state index in [9.17, 15) is 9.59 Å². The summed E-state index contributed by atoms with van der Waals surface area (Å²) in [4.78, 5) is 25.0. The van der Waals surface area contributed by atoms with E-state index in [1.807, 2.05) is 0 Å². The zero-order valence-corrected chi connectivity index (χ0v) is 6.15. The van der Waals surface area contributed by atoms with E-state index in [2.05, 4.69) is 4.98 Å². The Morgan fingerprint density at radius 1 is 1.25 bits per heavy atom. The third-order valence-corrected chi connectivity index (χ3v) is 1.31. The van der Waals surface area contributed by atoms with Crippen LogP contribution in [0.15, 0.2) is 18.3 Å². The zero-order valence-electron chi connectivity index (χ0n) is 6.15. The molecular formula is C7H7N3O2. The van der Waals surface area contributed by atoms with Gasteiger partial charge in [-0.3, -0.25) is 14.6 Å². The second-order valence-corrected chi connectivity index (χ2v) is 2.13. The van der Waals surface area contributed by atoms with Gasteiger partial charge in [-0.1, -0.05) is 0 Å². The van der Waals surface area contributed by atoms with E-state index in [0.29, 0.717) is 0 Å². The van der Waals surface area contributed by atoms with Crippen LogP contribution in [-0.2, 0) is 0 Å². The second-order valence-electron chi connectivity index (χ2n) is 2.13. The van der Waals surface area contributed by atoms with Crippen LogP contribution >= 0.6 is 0 Å². The van der Waals surface area contributed by atoms with Crippen molar-refractivity contribution in [3.63, 3.8) is 0 Å². The molecule has 5 heteroatoms. The van der Waals surface area contributed by atoms with Gasteiger partial charge in [-0.15, -0.1) is 0 Å². The van der Waals surface area contributed by atoms with E-state index in [-0.39, 0.29) is 11.3 Å². The largest absolute Gasteiger partial charge is 0.366 e. The highest BCUT2D eigenvalue weighted by Crippen LogP contribution is 2.02. The van der Waals surface area contributed by atoms with Crippen LogP contribution in [-0.4, -0.2) is 16.8 Å². The summed E-state index contributed by atoms with van der Waals surface area (Å²) >= 11 is 0. The summed E-state index contributed by atoms with van der Waals surface area (Å²) < 4.78 is 0. The summed E-state index contributed by atoms with van der Waals surface area (Å²) in [5.41, 5.74) is 9.86. The van der Waals surface area contributed by atoms with E-state index < -0.39 is 11.8 Å². The van der Waals surface area contributed by atoms with Crippen LogP contribution in [0, 0.1) is 0 Å². The first-order valence-electron chi connectivity index (χ1n) is 3.17. The van der Waals surface area contributed by atoms with Crippen LogP contribution < -0.4 is 11.5 Å². The Labute approximate surface area is 68.4 Å².